The SMILES string of the molecule is CN(CC(=O)N1N=C(c2ccccc2F)C[C@@H]1c1ccccc1)C(=O)c1ccccc1F. The molecule has 0 N–H and O–H groups in total. The summed E-state index contributed by atoms with van der Waals surface area (Å²) in [5.74, 6) is -2.12. The molecule has 3 aromatic rings. The zero-order chi connectivity index (χ0) is 22.7. The van der Waals surface area contributed by atoms with Crippen molar-refractivity contribution in [2.45, 2.75) is 12.5 Å². The quantitative estimate of drug-likeness (QED) is 0.598. The molecule has 0 aromatic heterocycles. The van der Waals surface area contributed by atoms with Crippen LogP contribution in [0.15, 0.2) is 84.0 Å². The standard InChI is InChI=1S/C25H21F2N3O2/c1-29(25(32)19-12-6-8-14-21(19)27)16-24(31)30-23(17-9-3-2-4-10-17)15-22(28-30)18-11-5-7-13-20(18)26/h2-14,23H,15-16H2,1H3/t23-/m1/s1. The number of rotatable bonds is 5. The zero-order valence-corrected chi connectivity index (χ0v) is 17.4. The maximum atomic E-state index is 14.4. The Morgan fingerprint density at radius 2 is 1.56 bits per heavy atom. The Labute approximate surface area is 184 Å². The molecule has 7 heteroatoms. The van der Waals surface area contributed by atoms with E-state index in [0.717, 1.165) is 10.5 Å². The van der Waals surface area contributed by atoms with Gasteiger partial charge in [0.1, 0.15) is 18.2 Å². The maximum absolute atomic E-state index is 14.4. The van der Waals surface area contributed by atoms with Crippen molar-refractivity contribution >= 4 is 17.5 Å². The molecule has 0 bridgehead atoms. The summed E-state index contributed by atoms with van der Waals surface area (Å²) >= 11 is 0. The van der Waals surface area contributed by atoms with Crippen LogP contribution in [0.3, 0.4) is 0 Å². The molecule has 0 fully saturated rings. The third-order valence-electron chi connectivity index (χ3n) is 5.36. The van der Waals surface area contributed by atoms with Crippen molar-refractivity contribution < 1.29 is 18.4 Å². The van der Waals surface area contributed by atoms with Crippen molar-refractivity contribution in [3.05, 3.63) is 107 Å². The number of carbonyl (C=O) groups excluding carboxylic acids is 2. The highest BCUT2D eigenvalue weighted by molar-refractivity contribution is 6.04. The Kier molecular flexibility index (Phi) is 6.07. The van der Waals surface area contributed by atoms with Gasteiger partial charge in [-0.25, -0.2) is 13.8 Å². The molecule has 3 aromatic carbocycles. The largest absolute Gasteiger partial charge is 0.332 e. The third-order valence-corrected chi connectivity index (χ3v) is 5.36. The zero-order valence-electron chi connectivity index (χ0n) is 17.4. The Morgan fingerprint density at radius 3 is 2.25 bits per heavy atom. The first-order valence-corrected chi connectivity index (χ1v) is 10.1. The molecule has 2 amide bonds. The van der Waals surface area contributed by atoms with Gasteiger partial charge in [-0.3, -0.25) is 9.59 Å². The Balaban J connectivity index is 1.60. The molecule has 5 nitrogen and oxygen atoms in total. The van der Waals surface area contributed by atoms with E-state index in [-0.39, 0.29) is 12.1 Å². The van der Waals surface area contributed by atoms with Crippen LogP contribution in [0, 0.1) is 11.6 Å². The summed E-state index contributed by atoms with van der Waals surface area (Å²) in [7, 11) is 1.43. The second-order valence-corrected chi connectivity index (χ2v) is 7.54. The number of amides is 2. The third kappa shape index (κ3) is 4.27. The molecule has 1 aliphatic rings. The predicted octanol–water partition coefficient (Wildman–Crippen LogP) is 4.41. The number of benzene rings is 3. The van der Waals surface area contributed by atoms with E-state index in [1.54, 1.807) is 24.3 Å². The molecule has 1 atom stereocenters. The first kappa shape index (κ1) is 21.4. The van der Waals surface area contributed by atoms with Crippen LogP contribution in [-0.4, -0.2) is 41.0 Å². The summed E-state index contributed by atoms with van der Waals surface area (Å²) in [5.41, 5.74) is 1.52. The normalized spacial score (nSPS) is 15.4. The topological polar surface area (TPSA) is 53.0 Å². The number of hydrogen-bond acceptors (Lipinski definition) is 3. The average Bonchev–Trinajstić information content (AvgIpc) is 3.25. The van der Waals surface area contributed by atoms with Crippen LogP contribution in [-0.2, 0) is 4.79 Å². The lowest BCUT2D eigenvalue weighted by molar-refractivity contribution is -0.133. The molecule has 1 heterocycles. The van der Waals surface area contributed by atoms with E-state index in [1.165, 1.54) is 36.3 Å². The van der Waals surface area contributed by atoms with Crippen LogP contribution in [0.1, 0.15) is 33.9 Å². The maximum Gasteiger partial charge on any atom is 0.262 e. The van der Waals surface area contributed by atoms with Crippen molar-refractivity contribution in [1.29, 1.82) is 0 Å². The summed E-state index contributed by atoms with van der Waals surface area (Å²) < 4.78 is 28.4. The van der Waals surface area contributed by atoms with Crippen LogP contribution in [0.25, 0.3) is 0 Å². The van der Waals surface area contributed by atoms with E-state index in [9.17, 15) is 18.4 Å². The number of hydrogen-bond donors (Lipinski definition) is 0. The van der Waals surface area contributed by atoms with Gasteiger partial charge in [-0.05, 0) is 23.8 Å². The van der Waals surface area contributed by atoms with Gasteiger partial charge in [-0.1, -0.05) is 60.7 Å². The molecule has 32 heavy (non-hydrogen) atoms. The fraction of sp³-hybridized carbons (Fsp3) is 0.160. The minimum Gasteiger partial charge on any atom is -0.332 e. The molecule has 162 valence electrons. The monoisotopic (exact) mass is 433 g/mol. The van der Waals surface area contributed by atoms with Crippen molar-refractivity contribution in [1.82, 2.24) is 9.91 Å². The number of hydrazone groups is 1. The predicted molar refractivity (Wildman–Crippen MR) is 117 cm³/mol. The van der Waals surface area contributed by atoms with Gasteiger partial charge in [0.2, 0.25) is 0 Å². The first-order valence-electron chi connectivity index (χ1n) is 10.1. The van der Waals surface area contributed by atoms with E-state index < -0.39 is 29.5 Å². The number of halogens is 2. The molecule has 0 unspecified atom stereocenters. The highest BCUT2D eigenvalue weighted by atomic mass is 19.1. The van der Waals surface area contributed by atoms with Gasteiger partial charge in [-0.15, -0.1) is 0 Å². The lowest BCUT2D eigenvalue weighted by Crippen LogP contribution is -2.39. The second-order valence-electron chi connectivity index (χ2n) is 7.54. The number of carbonyl (C=O) groups is 2. The molecule has 0 radical (unpaired) electrons. The van der Waals surface area contributed by atoms with Crippen LogP contribution in [0.5, 0.6) is 0 Å². The van der Waals surface area contributed by atoms with Crippen LogP contribution in [0.4, 0.5) is 8.78 Å². The molecule has 0 spiro atoms. The van der Waals surface area contributed by atoms with E-state index in [0.29, 0.717) is 17.7 Å². The van der Waals surface area contributed by atoms with Gasteiger partial charge in [0.05, 0.1) is 17.3 Å². The average molecular weight is 433 g/mol. The van der Waals surface area contributed by atoms with Crippen molar-refractivity contribution in [3.63, 3.8) is 0 Å². The van der Waals surface area contributed by atoms with Crippen LogP contribution < -0.4 is 0 Å². The fourth-order valence-electron chi connectivity index (χ4n) is 3.72. The smallest absolute Gasteiger partial charge is 0.262 e. The van der Waals surface area contributed by atoms with Gasteiger partial charge >= 0.3 is 0 Å². The van der Waals surface area contributed by atoms with E-state index in [1.807, 2.05) is 30.3 Å². The summed E-state index contributed by atoms with van der Waals surface area (Å²) in [5, 5.41) is 5.72. The Hall–Kier alpha value is -3.87. The highest BCUT2D eigenvalue weighted by Gasteiger charge is 2.34. The molecule has 0 saturated carbocycles. The summed E-state index contributed by atoms with van der Waals surface area (Å²) in [6, 6.07) is 20.8. The summed E-state index contributed by atoms with van der Waals surface area (Å²) in [6.45, 7) is -0.301. The lowest BCUT2D eigenvalue weighted by atomic mass is 9.98. The molecule has 1 aliphatic heterocycles. The minimum absolute atomic E-state index is 0.112. The van der Waals surface area contributed by atoms with Crippen LogP contribution in [0.2, 0.25) is 0 Å². The fourth-order valence-corrected chi connectivity index (χ4v) is 3.72. The molecular formula is C25H21F2N3O2. The van der Waals surface area contributed by atoms with Gasteiger partial charge in [-0.2, -0.15) is 5.10 Å². The lowest BCUT2D eigenvalue weighted by Gasteiger charge is -2.25. The summed E-state index contributed by atoms with van der Waals surface area (Å²) in [4.78, 5) is 26.9. The van der Waals surface area contributed by atoms with Crippen molar-refractivity contribution in [2.75, 3.05) is 13.6 Å². The summed E-state index contributed by atoms with van der Waals surface area (Å²) in [6.07, 6.45) is 0.335. The van der Waals surface area contributed by atoms with Gasteiger partial charge in [0.25, 0.3) is 11.8 Å². The molecule has 0 aliphatic carbocycles. The van der Waals surface area contributed by atoms with Gasteiger partial charge < -0.3 is 4.90 Å². The van der Waals surface area contributed by atoms with Gasteiger partial charge in [0, 0.05) is 19.0 Å². The van der Waals surface area contributed by atoms with Crippen LogP contribution >= 0.6 is 0 Å². The van der Waals surface area contributed by atoms with E-state index in [4.69, 9.17) is 0 Å². The van der Waals surface area contributed by atoms with E-state index >= 15 is 0 Å². The minimum atomic E-state index is -0.653. The highest BCUT2D eigenvalue weighted by Crippen LogP contribution is 2.33. The molecule has 4 rings (SSSR count). The molecule has 0 saturated heterocycles. The number of nitrogens with zero attached hydrogens (tertiary/aromatic N) is 3. The Morgan fingerprint density at radius 1 is 0.938 bits per heavy atom. The van der Waals surface area contributed by atoms with Crippen molar-refractivity contribution in [3.8, 4) is 0 Å². The first-order chi connectivity index (χ1) is 15.5. The van der Waals surface area contributed by atoms with Crippen molar-refractivity contribution in [2.24, 2.45) is 5.10 Å². The second kappa shape index (κ2) is 9.09. The molecular weight excluding hydrogens is 412 g/mol. The van der Waals surface area contributed by atoms with Gasteiger partial charge in [0.15, 0.2) is 0 Å². The Bertz CT molecular complexity index is 1180. The van der Waals surface area contributed by atoms with E-state index in [2.05, 4.69) is 5.10 Å². The number of likely N-dealkylation sites (N-methyl/N-ethyl adjacent to an activating group) is 1.